The lowest BCUT2D eigenvalue weighted by atomic mass is 10.2. The van der Waals surface area contributed by atoms with Crippen molar-refractivity contribution in [2.45, 2.75) is 37.5 Å². The summed E-state index contributed by atoms with van der Waals surface area (Å²) in [5.41, 5.74) is -2.17. The monoisotopic (exact) mass is 240 g/mol. The predicted octanol–water partition coefficient (Wildman–Crippen LogP) is 0.854. The Balaban J connectivity index is 2.50. The average molecular weight is 240 g/mol. The maximum atomic E-state index is 12.4. The first kappa shape index (κ1) is 12.6. The third-order valence-corrected chi connectivity index (χ3v) is 2.36. The minimum atomic E-state index is -4.50. The normalized spacial score (nSPS) is 19.8. The summed E-state index contributed by atoms with van der Waals surface area (Å²) >= 11 is 0. The minimum absolute atomic E-state index is 0.175. The molecule has 0 spiro atoms. The van der Waals surface area contributed by atoms with Gasteiger partial charge in [0.05, 0.1) is 0 Å². The number of alkyl halides is 3. The van der Waals surface area contributed by atoms with Gasteiger partial charge in [0.2, 0.25) is 0 Å². The number of halogens is 3. The molecule has 0 unspecified atom stereocenters. The van der Waals surface area contributed by atoms with Gasteiger partial charge < -0.3 is 15.7 Å². The largest absolute Gasteiger partial charge is 0.480 e. The Bertz CT molecular complexity index is 312. The Hall–Kier alpha value is -1.47. The first-order chi connectivity index (χ1) is 7.18. The molecule has 0 aromatic rings. The van der Waals surface area contributed by atoms with E-state index in [0.29, 0.717) is 0 Å². The highest BCUT2D eigenvalue weighted by Crippen LogP contribution is 2.48. The molecule has 0 heterocycles. The lowest BCUT2D eigenvalue weighted by Gasteiger charge is -2.21. The van der Waals surface area contributed by atoms with E-state index in [1.807, 2.05) is 5.32 Å². The quantitative estimate of drug-likeness (QED) is 0.684. The molecule has 0 radical (unpaired) electrons. The second kappa shape index (κ2) is 3.84. The van der Waals surface area contributed by atoms with E-state index in [1.165, 1.54) is 0 Å². The van der Waals surface area contributed by atoms with E-state index in [1.54, 1.807) is 5.32 Å². The van der Waals surface area contributed by atoms with Crippen molar-refractivity contribution in [3.05, 3.63) is 0 Å². The van der Waals surface area contributed by atoms with Crippen LogP contribution in [0.25, 0.3) is 0 Å². The van der Waals surface area contributed by atoms with Crippen LogP contribution >= 0.6 is 0 Å². The van der Waals surface area contributed by atoms with E-state index >= 15 is 0 Å². The molecule has 0 aromatic heterocycles. The van der Waals surface area contributed by atoms with Crippen LogP contribution in [0.4, 0.5) is 18.0 Å². The first-order valence-corrected chi connectivity index (χ1v) is 4.56. The molecule has 0 saturated heterocycles. The molecule has 3 N–H and O–H groups in total. The van der Waals surface area contributed by atoms with Crippen molar-refractivity contribution < 1.29 is 27.9 Å². The lowest BCUT2D eigenvalue weighted by Crippen LogP contribution is -2.54. The number of aliphatic carboxylic acids is 1. The number of carbonyl (C=O) groups excluding carboxylic acids is 1. The summed E-state index contributed by atoms with van der Waals surface area (Å²) in [7, 11) is 0. The highest BCUT2D eigenvalue weighted by Gasteiger charge is 2.64. The Morgan fingerprint density at radius 3 is 2.19 bits per heavy atom. The molecule has 8 heteroatoms. The maximum Gasteiger partial charge on any atom is 0.411 e. The van der Waals surface area contributed by atoms with Gasteiger partial charge in [-0.2, -0.15) is 13.2 Å². The second-order valence-electron chi connectivity index (χ2n) is 3.74. The molecule has 1 aliphatic rings. The van der Waals surface area contributed by atoms with Gasteiger partial charge in [-0.3, -0.25) is 4.79 Å². The van der Waals surface area contributed by atoms with Crippen LogP contribution in [0.3, 0.4) is 0 Å². The summed E-state index contributed by atoms with van der Waals surface area (Å²) in [4.78, 5) is 21.4. The zero-order valence-corrected chi connectivity index (χ0v) is 8.39. The predicted molar refractivity (Wildman–Crippen MR) is 46.8 cm³/mol. The van der Waals surface area contributed by atoms with Gasteiger partial charge in [0.25, 0.3) is 0 Å². The number of hydrogen-bond acceptors (Lipinski definition) is 2. The van der Waals surface area contributed by atoms with Crippen LogP contribution in [-0.2, 0) is 4.79 Å². The van der Waals surface area contributed by atoms with Gasteiger partial charge in [-0.25, -0.2) is 4.79 Å². The van der Waals surface area contributed by atoms with Crippen LogP contribution < -0.4 is 10.6 Å². The molecule has 1 atom stereocenters. The maximum absolute atomic E-state index is 12.4. The van der Waals surface area contributed by atoms with Gasteiger partial charge in [-0.1, -0.05) is 0 Å². The zero-order valence-electron chi connectivity index (χ0n) is 8.39. The number of carboxylic acid groups (broad SMARTS) is 1. The van der Waals surface area contributed by atoms with Crippen molar-refractivity contribution in [3.63, 3.8) is 0 Å². The highest BCUT2D eigenvalue weighted by atomic mass is 19.4. The van der Waals surface area contributed by atoms with Gasteiger partial charge in [0.1, 0.15) is 11.6 Å². The molecule has 2 amide bonds. The number of amides is 2. The first-order valence-electron chi connectivity index (χ1n) is 4.56. The van der Waals surface area contributed by atoms with Gasteiger partial charge in [0.15, 0.2) is 0 Å². The minimum Gasteiger partial charge on any atom is -0.480 e. The van der Waals surface area contributed by atoms with E-state index in [0.717, 1.165) is 6.92 Å². The van der Waals surface area contributed by atoms with Crippen LogP contribution in [0.2, 0.25) is 0 Å². The van der Waals surface area contributed by atoms with Crippen LogP contribution in [0, 0.1) is 0 Å². The van der Waals surface area contributed by atoms with Crippen molar-refractivity contribution in [3.8, 4) is 0 Å². The summed E-state index contributed by atoms with van der Waals surface area (Å²) in [5.74, 6) is -1.31. The molecule has 5 nitrogen and oxygen atoms in total. The fraction of sp³-hybridized carbons (Fsp3) is 0.750. The Labute approximate surface area is 89.0 Å². The van der Waals surface area contributed by atoms with Crippen LogP contribution in [-0.4, -0.2) is 34.9 Å². The van der Waals surface area contributed by atoms with Crippen LogP contribution in [0.5, 0.6) is 0 Å². The van der Waals surface area contributed by atoms with Crippen LogP contribution in [0.15, 0.2) is 0 Å². The number of hydrogen-bond donors (Lipinski definition) is 3. The third kappa shape index (κ3) is 2.56. The molecule has 1 saturated carbocycles. The molecular formula is C8H11F3N2O3. The molecule has 0 aromatic carbocycles. The molecule has 1 aliphatic carbocycles. The van der Waals surface area contributed by atoms with Gasteiger partial charge in [0, 0.05) is 0 Å². The average Bonchev–Trinajstić information content (AvgIpc) is 2.83. The van der Waals surface area contributed by atoms with Crippen molar-refractivity contribution in [2.75, 3.05) is 0 Å². The van der Waals surface area contributed by atoms with Crippen LogP contribution in [0.1, 0.15) is 19.8 Å². The third-order valence-electron chi connectivity index (χ3n) is 2.36. The Kier molecular flexibility index (Phi) is 3.02. The van der Waals surface area contributed by atoms with Gasteiger partial charge in [-0.05, 0) is 19.8 Å². The molecule has 92 valence electrons. The van der Waals surface area contributed by atoms with E-state index in [2.05, 4.69) is 0 Å². The van der Waals surface area contributed by atoms with Crippen molar-refractivity contribution in [1.82, 2.24) is 10.6 Å². The zero-order chi connectivity index (χ0) is 12.6. The molecular weight excluding hydrogens is 229 g/mol. The lowest BCUT2D eigenvalue weighted by molar-refractivity contribution is -0.162. The number of carboxylic acids is 1. The Morgan fingerprint density at radius 1 is 1.38 bits per heavy atom. The van der Waals surface area contributed by atoms with Crippen molar-refractivity contribution in [1.29, 1.82) is 0 Å². The smallest absolute Gasteiger partial charge is 0.411 e. The number of rotatable bonds is 3. The molecule has 1 fully saturated rings. The molecule has 0 aliphatic heterocycles. The summed E-state index contributed by atoms with van der Waals surface area (Å²) < 4.78 is 37.2. The SMILES string of the molecule is C[C@H](NC(=O)NC1(C(F)(F)F)CC1)C(=O)O. The summed E-state index contributed by atoms with van der Waals surface area (Å²) in [6.07, 6.45) is -4.85. The van der Waals surface area contributed by atoms with Crippen molar-refractivity contribution in [2.24, 2.45) is 0 Å². The van der Waals surface area contributed by atoms with Gasteiger partial charge in [-0.15, -0.1) is 0 Å². The Morgan fingerprint density at radius 2 is 1.88 bits per heavy atom. The van der Waals surface area contributed by atoms with Gasteiger partial charge >= 0.3 is 18.2 Å². The molecule has 0 bridgehead atoms. The second-order valence-corrected chi connectivity index (χ2v) is 3.74. The fourth-order valence-electron chi connectivity index (χ4n) is 1.12. The molecule has 1 rings (SSSR count). The number of carbonyl (C=O) groups is 2. The van der Waals surface area contributed by atoms with Crippen molar-refractivity contribution >= 4 is 12.0 Å². The van der Waals surface area contributed by atoms with E-state index < -0.39 is 29.8 Å². The standard InChI is InChI=1S/C8H11F3N2O3/c1-4(5(14)15)12-6(16)13-7(2-3-7)8(9,10)11/h4H,2-3H2,1H3,(H,14,15)(H2,12,13,16)/t4-/m0/s1. The highest BCUT2D eigenvalue weighted by molar-refractivity contribution is 5.82. The fourth-order valence-corrected chi connectivity index (χ4v) is 1.12. The van der Waals surface area contributed by atoms with E-state index in [-0.39, 0.29) is 12.8 Å². The summed E-state index contributed by atoms with van der Waals surface area (Å²) in [6.45, 7) is 1.16. The summed E-state index contributed by atoms with van der Waals surface area (Å²) in [5, 5.41) is 12.1. The molecule has 16 heavy (non-hydrogen) atoms. The number of nitrogens with one attached hydrogen (secondary N) is 2. The van der Waals surface area contributed by atoms with E-state index in [9.17, 15) is 22.8 Å². The van der Waals surface area contributed by atoms with E-state index in [4.69, 9.17) is 5.11 Å². The topological polar surface area (TPSA) is 78.4 Å². The summed E-state index contributed by atoms with van der Waals surface area (Å²) in [6, 6.07) is -2.35. The number of urea groups is 1.